The molecule has 0 bridgehead atoms. The Morgan fingerprint density at radius 1 is 1.50 bits per heavy atom. The minimum absolute atomic E-state index is 0.0505. The molecular formula is C12H16N2O5S. The predicted octanol–water partition coefficient (Wildman–Crippen LogP) is 0.257. The van der Waals surface area contributed by atoms with Gasteiger partial charge in [0.1, 0.15) is 0 Å². The van der Waals surface area contributed by atoms with Crippen LogP contribution in [-0.2, 0) is 14.8 Å². The third-order valence-corrected chi connectivity index (χ3v) is 4.26. The molecule has 1 aromatic carbocycles. The molecular weight excluding hydrogens is 284 g/mol. The van der Waals surface area contributed by atoms with Gasteiger partial charge in [0.2, 0.25) is 10.0 Å². The fraction of sp³-hybridized carbons (Fsp3) is 0.417. The third kappa shape index (κ3) is 2.92. The highest BCUT2D eigenvalue weighted by molar-refractivity contribution is 7.89. The van der Waals surface area contributed by atoms with Crippen molar-refractivity contribution in [2.45, 2.75) is 17.4 Å². The van der Waals surface area contributed by atoms with Gasteiger partial charge in [-0.25, -0.2) is 18.4 Å². The van der Waals surface area contributed by atoms with Gasteiger partial charge in [0.15, 0.2) is 0 Å². The Balaban J connectivity index is 2.42. The van der Waals surface area contributed by atoms with Crippen LogP contribution in [0.1, 0.15) is 16.8 Å². The summed E-state index contributed by atoms with van der Waals surface area (Å²) in [4.78, 5) is 13.0. The van der Waals surface area contributed by atoms with E-state index in [1.807, 2.05) is 4.90 Å². The maximum absolute atomic E-state index is 11.3. The lowest BCUT2D eigenvalue weighted by Gasteiger charge is -2.20. The number of methoxy groups -OCH3 is 1. The van der Waals surface area contributed by atoms with Crippen molar-refractivity contribution in [2.75, 3.05) is 25.1 Å². The monoisotopic (exact) mass is 300 g/mol. The SMILES string of the molecule is COC1CCN(c2ccc(S(N)(=O)=O)cc2C(=O)O)C1. The predicted molar refractivity (Wildman–Crippen MR) is 72.4 cm³/mol. The van der Waals surface area contributed by atoms with Crippen LogP contribution in [0.2, 0.25) is 0 Å². The number of aromatic carboxylic acids is 1. The molecule has 0 spiro atoms. The molecule has 1 aliphatic rings. The Morgan fingerprint density at radius 3 is 2.70 bits per heavy atom. The molecule has 1 fully saturated rings. The van der Waals surface area contributed by atoms with E-state index in [0.29, 0.717) is 18.8 Å². The smallest absolute Gasteiger partial charge is 0.337 e. The maximum atomic E-state index is 11.3. The van der Waals surface area contributed by atoms with Crippen molar-refractivity contribution in [1.29, 1.82) is 0 Å². The Hall–Kier alpha value is -1.64. The molecule has 3 N–H and O–H groups in total. The molecule has 1 aliphatic heterocycles. The summed E-state index contributed by atoms with van der Waals surface area (Å²) < 4.78 is 27.8. The minimum atomic E-state index is -3.92. The van der Waals surface area contributed by atoms with Gasteiger partial charge in [-0.1, -0.05) is 0 Å². The molecule has 1 heterocycles. The summed E-state index contributed by atoms with van der Waals surface area (Å²) in [5, 5.41) is 14.3. The van der Waals surface area contributed by atoms with E-state index in [0.717, 1.165) is 12.5 Å². The highest BCUT2D eigenvalue weighted by Crippen LogP contribution is 2.27. The molecule has 1 unspecified atom stereocenters. The molecule has 20 heavy (non-hydrogen) atoms. The summed E-state index contributed by atoms with van der Waals surface area (Å²) in [6, 6.07) is 3.88. The number of benzene rings is 1. The van der Waals surface area contributed by atoms with E-state index in [-0.39, 0.29) is 16.6 Å². The van der Waals surface area contributed by atoms with Crippen molar-refractivity contribution >= 4 is 21.7 Å². The average molecular weight is 300 g/mol. The quantitative estimate of drug-likeness (QED) is 0.825. The van der Waals surface area contributed by atoms with Crippen LogP contribution in [0.5, 0.6) is 0 Å². The standard InChI is InChI=1S/C12H16N2O5S/c1-19-8-4-5-14(7-8)11-3-2-9(20(13,17)18)6-10(11)12(15)16/h2-3,6,8H,4-5,7H2,1H3,(H,15,16)(H2,13,17,18). The molecule has 110 valence electrons. The number of hydrogen-bond donors (Lipinski definition) is 2. The van der Waals surface area contributed by atoms with Crippen LogP contribution in [0.15, 0.2) is 23.1 Å². The van der Waals surface area contributed by atoms with E-state index in [1.165, 1.54) is 12.1 Å². The summed E-state index contributed by atoms with van der Waals surface area (Å²) in [5.41, 5.74) is 0.401. The number of primary sulfonamides is 1. The molecule has 0 saturated carbocycles. The van der Waals surface area contributed by atoms with E-state index >= 15 is 0 Å². The number of carboxylic acids is 1. The largest absolute Gasteiger partial charge is 0.478 e. The van der Waals surface area contributed by atoms with Gasteiger partial charge in [-0.05, 0) is 24.6 Å². The molecule has 1 atom stereocenters. The molecule has 2 rings (SSSR count). The van der Waals surface area contributed by atoms with Crippen LogP contribution in [0.25, 0.3) is 0 Å². The Kier molecular flexibility index (Phi) is 3.98. The molecule has 0 aliphatic carbocycles. The second-order valence-electron chi connectivity index (χ2n) is 4.62. The molecule has 8 heteroatoms. The van der Waals surface area contributed by atoms with E-state index in [2.05, 4.69) is 0 Å². The summed E-state index contributed by atoms with van der Waals surface area (Å²) in [5.74, 6) is -1.19. The third-order valence-electron chi connectivity index (χ3n) is 3.35. The van der Waals surface area contributed by atoms with Crippen molar-refractivity contribution in [3.8, 4) is 0 Å². The van der Waals surface area contributed by atoms with Crippen molar-refractivity contribution in [2.24, 2.45) is 5.14 Å². The van der Waals surface area contributed by atoms with E-state index in [9.17, 15) is 18.3 Å². The van der Waals surface area contributed by atoms with Crippen molar-refractivity contribution < 1.29 is 23.1 Å². The van der Waals surface area contributed by atoms with E-state index in [4.69, 9.17) is 9.88 Å². The average Bonchev–Trinajstić information content (AvgIpc) is 2.85. The zero-order chi connectivity index (χ0) is 14.9. The van der Waals surface area contributed by atoms with Crippen LogP contribution in [0.3, 0.4) is 0 Å². The molecule has 1 saturated heterocycles. The van der Waals surface area contributed by atoms with Crippen LogP contribution in [-0.4, -0.2) is 45.8 Å². The number of carboxylic acid groups (broad SMARTS) is 1. The lowest BCUT2D eigenvalue weighted by Crippen LogP contribution is -2.24. The molecule has 0 amide bonds. The lowest BCUT2D eigenvalue weighted by atomic mass is 10.1. The van der Waals surface area contributed by atoms with Crippen LogP contribution in [0.4, 0.5) is 5.69 Å². The first-order valence-electron chi connectivity index (χ1n) is 6.01. The Labute approximate surface area is 117 Å². The zero-order valence-corrected chi connectivity index (χ0v) is 11.8. The highest BCUT2D eigenvalue weighted by Gasteiger charge is 2.26. The number of sulfonamides is 1. The summed E-state index contributed by atoms with van der Waals surface area (Å²) in [6.45, 7) is 1.24. The molecule has 7 nitrogen and oxygen atoms in total. The number of rotatable bonds is 4. The van der Waals surface area contributed by atoms with Crippen molar-refractivity contribution in [3.63, 3.8) is 0 Å². The second kappa shape index (κ2) is 5.39. The fourth-order valence-electron chi connectivity index (χ4n) is 2.28. The van der Waals surface area contributed by atoms with Crippen LogP contribution < -0.4 is 10.0 Å². The van der Waals surface area contributed by atoms with Crippen LogP contribution in [0, 0.1) is 0 Å². The van der Waals surface area contributed by atoms with Crippen LogP contribution >= 0.6 is 0 Å². The zero-order valence-electron chi connectivity index (χ0n) is 10.9. The summed E-state index contributed by atoms with van der Waals surface area (Å²) in [6.07, 6.45) is 0.849. The number of nitrogens with zero attached hydrogens (tertiary/aromatic N) is 1. The normalized spacial score (nSPS) is 19.3. The topological polar surface area (TPSA) is 110 Å². The first kappa shape index (κ1) is 14.8. The molecule has 0 radical (unpaired) electrons. The van der Waals surface area contributed by atoms with Gasteiger partial charge < -0.3 is 14.7 Å². The second-order valence-corrected chi connectivity index (χ2v) is 6.18. The van der Waals surface area contributed by atoms with Crippen molar-refractivity contribution in [1.82, 2.24) is 0 Å². The van der Waals surface area contributed by atoms with Gasteiger partial charge in [-0.2, -0.15) is 0 Å². The first-order valence-corrected chi connectivity index (χ1v) is 7.55. The number of hydrogen-bond acceptors (Lipinski definition) is 5. The molecule has 1 aromatic rings. The maximum Gasteiger partial charge on any atom is 0.337 e. The fourth-order valence-corrected chi connectivity index (χ4v) is 2.82. The Morgan fingerprint density at radius 2 is 2.20 bits per heavy atom. The highest BCUT2D eigenvalue weighted by atomic mass is 32.2. The summed E-state index contributed by atoms with van der Waals surface area (Å²) in [7, 11) is -2.31. The minimum Gasteiger partial charge on any atom is -0.478 e. The van der Waals surface area contributed by atoms with Gasteiger partial charge >= 0.3 is 5.97 Å². The van der Waals surface area contributed by atoms with Gasteiger partial charge in [0.05, 0.1) is 22.3 Å². The number of anilines is 1. The first-order chi connectivity index (χ1) is 9.32. The molecule has 0 aromatic heterocycles. The number of carbonyl (C=O) groups is 1. The van der Waals surface area contributed by atoms with Gasteiger partial charge in [0, 0.05) is 20.2 Å². The van der Waals surface area contributed by atoms with Gasteiger partial charge in [-0.15, -0.1) is 0 Å². The number of nitrogens with two attached hydrogens (primary N) is 1. The van der Waals surface area contributed by atoms with Gasteiger partial charge in [0.25, 0.3) is 0 Å². The lowest BCUT2D eigenvalue weighted by molar-refractivity contribution is 0.0697. The summed E-state index contributed by atoms with van der Waals surface area (Å²) >= 11 is 0. The van der Waals surface area contributed by atoms with E-state index in [1.54, 1.807) is 7.11 Å². The number of ether oxygens (including phenoxy) is 1. The van der Waals surface area contributed by atoms with Crippen molar-refractivity contribution in [3.05, 3.63) is 23.8 Å². The Bertz CT molecular complexity index is 629. The van der Waals surface area contributed by atoms with Gasteiger partial charge in [-0.3, -0.25) is 0 Å². The van der Waals surface area contributed by atoms with E-state index < -0.39 is 16.0 Å².